The Morgan fingerprint density at radius 2 is 1.62 bits per heavy atom. The van der Waals surface area contributed by atoms with E-state index in [-0.39, 0.29) is 0 Å². The van der Waals surface area contributed by atoms with Crippen molar-refractivity contribution in [1.82, 2.24) is 0 Å². The normalized spacial score (nSPS) is 10.2. The molecule has 0 aliphatic carbocycles. The molecule has 0 heterocycles. The van der Waals surface area contributed by atoms with Crippen LogP contribution in [0.4, 0.5) is 5.69 Å². The standard InChI is InChI=1S/C15H23N/c1-6-13-8-14(7-2)10-15(9-13)16(5)11-12(3)4/h8-10H,3,6-7,11H2,1-2,4-5H3. The maximum absolute atomic E-state index is 3.96. The average molecular weight is 217 g/mol. The van der Waals surface area contributed by atoms with Crippen LogP contribution in [0.5, 0.6) is 0 Å². The van der Waals surface area contributed by atoms with E-state index in [1.165, 1.54) is 22.4 Å². The highest BCUT2D eigenvalue weighted by Crippen LogP contribution is 2.20. The minimum Gasteiger partial charge on any atom is -0.371 e. The Hall–Kier alpha value is -1.24. The van der Waals surface area contributed by atoms with Crippen LogP contribution in [0.1, 0.15) is 31.9 Å². The zero-order valence-corrected chi connectivity index (χ0v) is 11.0. The number of anilines is 1. The molecular formula is C15H23N. The second-order valence-electron chi connectivity index (χ2n) is 4.53. The molecule has 0 aromatic heterocycles. The molecule has 1 aromatic carbocycles. The molecule has 0 amide bonds. The fourth-order valence-electron chi connectivity index (χ4n) is 1.87. The summed E-state index contributed by atoms with van der Waals surface area (Å²) in [6.07, 6.45) is 2.20. The van der Waals surface area contributed by atoms with Gasteiger partial charge in [-0.3, -0.25) is 0 Å². The Bertz CT molecular complexity index is 343. The Kier molecular flexibility index (Phi) is 4.60. The van der Waals surface area contributed by atoms with Crippen LogP contribution in [0.2, 0.25) is 0 Å². The Morgan fingerprint density at radius 3 is 2.00 bits per heavy atom. The van der Waals surface area contributed by atoms with Gasteiger partial charge < -0.3 is 4.90 Å². The molecule has 0 spiro atoms. The first-order valence-corrected chi connectivity index (χ1v) is 6.05. The van der Waals surface area contributed by atoms with E-state index in [0.717, 1.165) is 19.4 Å². The first-order chi connectivity index (χ1) is 7.56. The van der Waals surface area contributed by atoms with Crippen LogP contribution in [0.15, 0.2) is 30.4 Å². The van der Waals surface area contributed by atoms with Gasteiger partial charge in [0.25, 0.3) is 0 Å². The lowest BCUT2D eigenvalue weighted by molar-refractivity contribution is 0.973. The van der Waals surface area contributed by atoms with Crippen molar-refractivity contribution in [2.45, 2.75) is 33.6 Å². The second kappa shape index (κ2) is 5.74. The zero-order valence-electron chi connectivity index (χ0n) is 11.0. The van der Waals surface area contributed by atoms with Gasteiger partial charge in [-0.2, -0.15) is 0 Å². The summed E-state index contributed by atoms with van der Waals surface area (Å²) in [7, 11) is 2.13. The Balaban J connectivity index is 2.97. The first kappa shape index (κ1) is 12.8. The zero-order chi connectivity index (χ0) is 12.1. The summed E-state index contributed by atoms with van der Waals surface area (Å²) >= 11 is 0. The summed E-state index contributed by atoms with van der Waals surface area (Å²) in [5, 5.41) is 0. The van der Waals surface area contributed by atoms with Crippen LogP contribution in [0, 0.1) is 0 Å². The molecule has 1 rings (SSSR count). The van der Waals surface area contributed by atoms with Crippen molar-refractivity contribution in [1.29, 1.82) is 0 Å². The summed E-state index contributed by atoms with van der Waals surface area (Å²) < 4.78 is 0. The quantitative estimate of drug-likeness (QED) is 0.678. The minimum absolute atomic E-state index is 0.927. The van der Waals surface area contributed by atoms with Gasteiger partial charge >= 0.3 is 0 Å². The van der Waals surface area contributed by atoms with Gasteiger partial charge in [-0.25, -0.2) is 0 Å². The van der Waals surface area contributed by atoms with Crippen molar-refractivity contribution < 1.29 is 0 Å². The molecule has 0 aliphatic rings. The van der Waals surface area contributed by atoms with Gasteiger partial charge in [0.2, 0.25) is 0 Å². The monoisotopic (exact) mass is 217 g/mol. The van der Waals surface area contributed by atoms with Crippen molar-refractivity contribution in [3.63, 3.8) is 0 Å². The Labute approximate surface area is 99.8 Å². The number of aryl methyl sites for hydroxylation is 2. The van der Waals surface area contributed by atoms with Gasteiger partial charge in [-0.15, -0.1) is 0 Å². The topological polar surface area (TPSA) is 3.24 Å². The number of hydrogen-bond acceptors (Lipinski definition) is 1. The van der Waals surface area contributed by atoms with Crippen LogP contribution in [0.3, 0.4) is 0 Å². The smallest absolute Gasteiger partial charge is 0.0380 e. The maximum atomic E-state index is 3.96. The highest BCUT2D eigenvalue weighted by Gasteiger charge is 2.04. The summed E-state index contributed by atoms with van der Waals surface area (Å²) in [5.74, 6) is 0. The fraction of sp³-hybridized carbons (Fsp3) is 0.467. The number of nitrogens with zero attached hydrogens (tertiary/aromatic N) is 1. The third-order valence-corrected chi connectivity index (χ3v) is 2.80. The van der Waals surface area contributed by atoms with Gasteiger partial charge in [-0.05, 0) is 43.0 Å². The summed E-state index contributed by atoms with van der Waals surface area (Å²) in [6.45, 7) is 11.4. The minimum atomic E-state index is 0.927. The van der Waals surface area contributed by atoms with Crippen molar-refractivity contribution >= 4 is 5.69 Å². The number of hydrogen-bond donors (Lipinski definition) is 0. The molecule has 0 unspecified atom stereocenters. The van der Waals surface area contributed by atoms with Crippen LogP contribution in [-0.4, -0.2) is 13.6 Å². The number of benzene rings is 1. The van der Waals surface area contributed by atoms with E-state index in [1.54, 1.807) is 0 Å². The van der Waals surface area contributed by atoms with E-state index < -0.39 is 0 Å². The molecule has 0 fully saturated rings. The van der Waals surface area contributed by atoms with Crippen molar-refractivity contribution in [2.24, 2.45) is 0 Å². The van der Waals surface area contributed by atoms with Crippen molar-refractivity contribution in [3.05, 3.63) is 41.5 Å². The highest BCUT2D eigenvalue weighted by atomic mass is 15.1. The molecule has 1 aromatic rings. The fourth-order valence-corrected chi connectivity index (χ4v) is 1.87. The van der Waals surface area contributed by atoms with Gasteiger partial charge in [0.1, 0.15) is 0 Å². The predicted octanol–water partition coefficient (Wildman–Crippen LogP) is 3.82. The first-order valence-electron chi connectivity index (χ1n) is 6.05. The summed E-state index contributed by atoms with van der Waals surface area (Å²) in [4.78, 5) is 2.26. The van der Waals surface area contributed by atoms with Crippen LogP contribution in [0.25, 0.3) is 0 Å². The molecule has 1 heteroatoms. The molecule has 88 valence electrons. The van der Waals surface area contributed by atoms with Gasteiger partial charge in [0.15, 0.2) is 0 Å². The SMILES string of the molecule is C=C(C)CN(C)c1cc(CC)cc(CC)c1. The molecule has 0 bridgehead atoms. The number of rotatable bonds is 5. The molecule has 0 radical (unpaired) electrons. The van der Waals surface area contributed by atoms with E-state index in [0.29, 0.717) is 0 Å². The Morgan fingerprint density at radius 1 is 1.12 bits per heavy atom. The second-order valence-corrected chi connectivity index (χ2v) is 4.53. The van der Waals surface area contributed by atoms with Crippen molar-refractivity contribution in [2.75, 3.05) is 18.5 Å². The molecule has 0 saturated heterocycles. The lowest BCUT2D eigenvalue weighted by Crippen LogP contribution is -2.19. The maximum Gasteiger partial charge on any atom is 0.0380 e. The van der Waals surface area contributed by atoms with Crippen molar-refractivity contribution in [3.8, 4) is 0 Å². The lowest BCUT2D eigenvalue weighted by Gasteiger charge is -2.21. The summed E-state index contributed by atoms with van der Waals surface area (Å²) in [5.41, 5.74) is 5.34. The van der Waals surface area contributed by atoms with Crippen LogP contribution >= 0.6 is 0 Å². The average Bonchev–Trinajstić information content (AvgIpc) is 2.27. The van der Waals surface area contributed by atoms with Gasteiger partial charge in [0.05, 0.1) is 0 Å². The number of likely N-dealkylation sites (N-methyl/N-ethyl adjacent to an activating group) is 1. The van der Waals surface area contributed by atoms with E-state index in [1.807, 2.05) is 0 Å². The van der Waals surface area contributed by atoms with E-state index in [2.05, 4.69) is 57.5 Å². The van der Waals surface area contributed by atoms with Gasteiger partial charge in [0, 0.05) is 19.3 Å². The third kappa shape index (κ3) is 3.41. The van der Waals surface area contributed by atoms with E-state index in [4.69, 9.17) is 0 Å². The lowest BCUT2D eigenvalue weighted by atomic mass is 10.0. The summed E-state index contributed by atoms with van der Waals surface area (Å²) in [6, 6.07) is 6.86. The predicted molar refractivity (Wildman–Crippen MR) is 73.3 cm³/mol. The molecule has 1 nitrogen and oxygen atoms in total. The molecule has 0 atom stereocenters. The highest BCUT2D eigenvalue weighted by molar-refractivity contribution is 5.51. The molecule has 0 saturated carbocycles. The van der Waals surface area contributed by atoms with Gasteiger partial charge in [-0.1, -0.05) is 32.1 Å². The molecule has 0 aliphatic heterocycles. The van der Waals surface area contributed by atoms with Crippen LogP contribution in [-0.2, 0) is 12.8 Å². The largest absolute Gasteiger partial charge is 0.371 e. The third-order valence-electron chi connectivity index (χ3n) is 2.80. The van der Waals surface area contributed by atoms with Crippen LogP contribution < -0.4 is 4.90 Å². The van der Waals surface area contributed by atoms with E-state index >= 15 is 0 Å². The molecule has 16 heavy (non-hydrogen) atoms. The molecular weight excluding hydrogens is 194 g/mol. The molecule has 0 N–H and O–H groups in total. The van der Waals surface area contributed by atoms with E-state index in [9.17, 15) is 0 Å².